The number of rotatable bonds is 1. The number of H-pyrrole nitrogens is 1. The molecule has 2 aromatic carbocycles. The van der Waals surface area contributed by atoms with Gasteiger partial charge in [-0.3, -0.25) is 4.79 Å². The number of benzene rings is 2. The predicted molar refractivity (Wildman–Crippen MR) is 87.3 cm³/mol. The molecule has 4 aromatic rings. The Morgan fingerprint density at radius 2 is 2.09 bits per heavy atom. The zero-order valence-corrected chi connectivity index (χ0v) is 12.4. The van der Waals surface area contributed by atoms with E-state index in [1.165, 1.54) is 6.20 Å². The van der Waals surface area contributed by atoms with Gasteiger partial charge in [0.15, 0.2) is 5.58 Å². The molecule has 5 heteroatoms. The molecular formula is C17H11ClN2O2. The first-order chi connectivity index (χ1) is 10.6. The van der Waals surface area contributed by atoms with Gasteiger partial charge in [-0.05, 0) is 36.8 Å². The third kappa shape index (κ3) is 2.00. The average Bonchev–Trinajstić information content (AvgIpc) is 2.91. The van der Waals surface area contributed by atoms with Crippen molar-refractivity contribution < 1.29 is 4.42 Å². The van der Waals surface area contributed by atoms with Crippen molar-refractivity contribution in [2.75, 3.05) is 0 Å². The number of fused-ring (bicyclic) bond motifs is 2. The fourth-order valence-electron chi connectivity index (χ4n) is 2.65. The molecule has 108 valence electrons. The van der Waals surface area contributed by atoms with Crippen LogP contribution in [0, 0.1) is 6.92 Å². The lowest BCUT2D eigenvalue weighted by Gasteiger charge is -2.04. The Morgan fingerprint density at radius 1 is 1.23 bits per heavy atom. The normalized spacial score (nSPS) is 11.4. The van der Waals surface area contributed by atoms with E-state index in [1.807, 2.05) is 37.3 Å². The molecule has 2 heterocycles. The molecule has 0 unspecified atom stereocenters. The van der Waals surface area contributed by atoms with E-state index in [4.69, 9.17) is 16.0 Å². The summed E-state index contributed by atoms with van der Waals surface area (Å²) in [5.41, 5.74) is 3.65. The van der Waals surface area contributed by atoms with Crippen LogP contribution in [0.3, 0.4) is 0 Å². The summed E-state index contributed by atoms with van der Waals surface area (Å²) >= 11 is 6.17. The summed E-state index contributed by atoms with van der Waals surface area (Å²) in [6, 6.07) is 11.4. The largest absolute Gasteiger partial charge is 0.454 e. The molecule has 0 bridgehead atoms. The van der Waals surface area contributed by atoms with Gasteiger partial charge in [0.1, 0.15) is 5.76 Å². The molecule has 0 aliphatic heterocycles. The first-order valence-electron chi connectivity index (χ1n) is 6.80. The third-order valence-electron chi connectivity index (χ3n) is 3.58. The fraction of sp³-hybridized carbons (Fsp3) is 0.0588. The van der Waals surface area contributed by atoms with Crippen molar-refractivity contribution in [1.82, 2.24) is 9.97 Å². The van der Waals surface area contributed by atoms with Crippen molar-refractivity contribution in [3.8, 4) is 11.3 Å². The highest BCUT2D eigenvalue weighted by molar-refractivity contribution is 6.34. The van der Waals surface area contributed by atoms with Crippen LogP contribution >= 0.6 is 11.6 Å². The molecule has 0 fully saturated rings. The summed E-state index contributed by atoms with van der Waals surface area (Å²) < 4.78 is 5.91. The minimum atomic E-state index is -0.225. The van der Waals surface area contributed by atoms with E-state index in [-0.39, 0.29) is 5.56 Å². The van der Waals surface area contributed by atoms with E-state index in [0.717, 1.165) is 16.5 Å². The molecule has 2 aromatic heterocycles. The summed E-state index contributed by atoms with van der Waals surface area (Å²) in [5.74, 6) is 0.677. The number of nitrogens with one attached hydrogen (secondary N) is 1. The average molecular weight is 311 g/mol. The SMILES string of the molecule is Cc1cc(-c2cc3cccc(Cl)c3o2)c2ncc(=O)[nH]c2c1. The van der Waals surface area contributed by atoms with Gasteiger partial charge in [0.2, 0.25) is 0 Å². The van der Waals surface area contributed by atoms with Gasteiger partial charge < -0.3 is 9.40 Å². The van der Waals surface area contributed by atoms with Crippen molar-refractivity contribution in [3.05, 3.63) is 63.5 Å². The molecule has 1 N–H and O–H groups in total. The molecule has 22 heavy (non-hydrogen) atoms. The zero-order valence-electron chi connectivity index (χ0n) is 11.7. The number of hydrogen-bond donors (Lipinski definition) is 1. The van der Waals surface area contributed by atoms with Gasteiger partial charge in [0.25, 0.3) is 5.56 Å². The molecular weight excluding hydrogens is 300 g/mol. The first-order valence-corrected chi connectivity index (χ1v) is 7.18. The van der Waals surface area contributed by atoms with Gasteiger partial charge in [-0.25, -0.2) is 4.98 Å². The van der Waals surface area contributed by atoms with Crippen molar-refractivity contribution in [1.29, 1.82) is 0 Å². The fourth-order valence-corrected chi connectivity index (χ4v) is 2.87. The van der Waals surface area contributed by atoms with Crippen LogP contribution in [0.4, 0.5) is 0 Å². The van der Waals surface area contributed by atoms with Crippen LogP contribution < -0.4 is 5.56 Å². The van der Waals surface area contributed by atoms with E-state index in [1.54, 1.807) is 6.07 Å². The van der Waals surface area contributed by atoms with Crippen LogP contribution in [0.15, 0.2) is 51.8 Å². The van der Waals surface area contributed by atoms with Gasteiger partial charge in [-0.15, -0.1) is 0 Å². The van der Waals surface area contributed by atoms with Gasteiger partial charge >= 0.3 is 0 Å². The molecule has 0 amide bonds. The number of halogens is 1. The van der Waals surface area contributed by atoms with Gasteiger partial charge in [0, 0.05) is 10.9 Å². The summed E-state index contributed by atoms with van der Waals surface area (Å²) in [6.07, 6.45) is 1.27. The Balaban J connectivity index is 2.07. The summed E-state index contributed by atoms with van der Waals surface area (Å²) in [7, 11) is 0. The molecule has 0 atom stereocenters. The van der Waals surface area contributed by atoms with Gasteiger partial charge in [-0.1, -0.05) is 23.7 Å². The van der Waals surface area contributed by atoms with Crippen LogP contribution in [-0.2, 0) is 0 Å². The highest BCUT2D eigenvalue weighted by Crippen LogP contribution is 2.34. The highest BCUT2D eigenvalue weighted by Gasteiger charge is 2.13. The lowest BCUT2D eigenvalue weighted by Crippen LogP contribution is -2.05. The van der Waals surface area contributed by atoms with E-state index in [9.17, 15) is 4.79 Å². The van der Waals surface area contributed by atoms with Gasteiger partial charge in [0.05, 0.1) is 22.3 Å². The predicted octanol–water partition coefficient (Wildman–Crippen LogP) is 4.30. The lowest BCUT2D eigenvalue weighted by atomic mass is 10.1. The van der Waals surface area contributed by atoms with Crippen molar-refractivity contribution in [3.63, 3.8) is 0 Å². The van der Waals surface area contributed by atoms with Crippen LogP contribution in [0.2, 0.25) is 5.02 Å². The Hall–Kier alpha value is -2.59. The van der Waals surface area contributed by atoms with Crippen molar-refractivity contribution in [2.24, 2.45) is 0 Å². The molecule has 0 spiro atoms. The molecule has 4 nitrogen and oxygen atoms in total. The monoisotopic (exact) mass is 310 g/mol. The summed E-state index contributed by atoms with van der Waals surface area (Å²) in [4.78, 5) is 18.5. The number of aromatic amines is 1. The highest BCUT2D eigenvalue weighted by atomic mass is 35.5. The van der Waals surface area contributed by atoms with E-state index in [2.05, 4.69) is 9.97 Å². The number of aromatic nitrogens is 2. The maximum Gasteiger partial charge on any atom is 0.266 e. The first kappa shape index (κ1) is 13.1. The number of para-hydroxylation sites is 1. The molecule has 0 saturated heterocycles. The van der Waals surface area contributed by atoms with Gasteiger partial charge in [-0.2, -0.15) is 0 Å². The van der Waals surface area contributed by atoms with Crippen molar-refractivity contribution >= 4 is 33.6 Å². The molecule has 0 aliphatic carbocycles. The van der Waals surface area contributed by atoms with E-state index >= 15 is 0 Å². The number of furan rings is 1. The lowest BCUT2D eigenvalue weighted by molar-refractivity contribution is 0.632. The molecule has 0 saturated carbocycles. The Bertz CT molecular complexity index is 1080. The number of nitrogens with zero attached hydrogens (tertiary/aromatic N) is 1. The van der Waals surface area contributed by atoms with Crippen LogP contribution in [-0.4, -0.2) is 9.97 Å². The molecule has 0 radical (unpaired) electrons. The topological polar surface area (TPSA) is 58.9 Å². The Morgan fingerprint density at radius 3 is 2.91 bits per heavy atom. The Labute approximate surface area is 130 Å². The number of hydrogen-bond acceptors (Lipinski definition) is 3. The minimum Gasteiger partial charge on any atom is -0.454 e. The maximum atomic E-state index is 11.5. The smallest absolute Gasteiger partial charge is 0.266 e. The second kappa shape index (κ2) is 4.71. The van der Waals surface area contributed by atoms with Crippen LogP contribution in [0.5, 0.6) is 0 Å². The zero-order chi connectivity index (χ0) is 15.3. The standard InChI is InChI=1S/C17H11ClN2O2/c1-9-5-11(16-13(6-9)20-15(21)8-19-16)14-7-10-3-2-4-12(18)17(10)22-14/h2-8H,1H3,(H,20,21). The molecule has 0 aliphatic rings. The second-order valence-corrected chi connectivity index (χ2v) is 5.63. The van der Waals surface area contributed by atoms with E-state index < -0.39 is 0 Å². The van der Waals surface area contributed by atoms with Crippen LogP contribution in [0.25, 0.3) is 33.3 Å². The van der Waals surface area contributed by atoms with Crippen LogP contribution in [0.1, 0.15) is 5.56 Å². The quantitative estimate of drug-likeness (QED) is 0.570. The Kier molecular flexibility index (Phi) is 2.81. The minimum absolute atomic E-state index is 0.225. The van der Waals surface area contributed by atoms with E-state index in [0.29, 0.717) is 27.4 Å². The summed E-state index contributed by atoms with van der Waals surface area (Å²) in [5, 5.41) is 1.50. The number of aryl methyl sites for hydroxylation is 1. The van der Waals surface area contributed by atoms with Crippen molar-refractivity contribution in [2.45, 2.75) is 6.92 Å². The summed E-state index contributed by atoms with van der Waals surface area (Å²) in [6.45, 7) is 1.96. The second-order valence-electron chi connectivity index (χ2n) is 5.22. The molecule has 4 rings (SSSR count). The third-order valence-corrected chi connectivity index (χ3v) is 3.88. The maximum absolute atomic E-state index is 11.5.